The molecule has 20 nitrogen and oxygen atoms in total. The molecule has 0 aromatic carbocycles. The average Bonchev–Trinajstić information content (AvgIpc) is 0.937. The third-order valence-electron chi connectivity index (χ3n) is 22.3. The van der Waals surface area contributed by atoms with Crippen molar-refractivity contribution in [2.24, 2.45) is 5.92 Å². The van der Waals surface area contributed by atoms with E-state index in [0.717, 1.165) is 68.2 Å². The summed E-state index contributed by atoms with van der Waals surface area (Å²) in [4.78, 5) is 0. The fourth-order valence-corrected chi connectivity index (χ4v) is 23.9. The Balaban J connectivity index is -0.000000401. The summed E-state index contributed by atoms with van der Waals surface area (Å²) >= 11 is 0. The van der Waals surface area contributed by atoms with Gasteiger partial charge in [-0.1, -0.05) is 164 Å². The molecule has 0 aromatic heterocycles. The average molecular weight is 1620 g/mol. The second kappa shape index (κ2) is 65.4. The molecule has 0 aliphatic heterocycles. The molecule has 16 unspecified atom stereocenters. The minimum Gasteiger partial charge on any atom is -0.420 e. The molecule has 0 saturated carbocycles. The van der Waals surface area contributed by atoms with Gasteiger partial charge in [0.25, 0.3) is 0 Å². The highest BCUT2D eigenvalue weighted by atomic mass is 28.4. The molecule has 0 rings (SSSR count). The third kappa shape index (κ3) is 63.6. The second-order valence-corrected chi connectivity index (χ2v) is 55.4. The van der Waals surface area contributed by atoms with Crippen LogP contribution in [0.5, 0.6) is 0 Å². The molecule has 25 heteroatoms. The van der Waals surface area contributed by atoms with Gasteiger partial charge in [0, 0.05) is 68.6 Å². The highest BCUT2D eigenvalue weighted by Crippen LogP contribution is 2.29. The zero-order valence-electron chi connectivity index (χ0n) is 74.1. The molecule has 0 aromatic rings. The van der Waals surface area contributed by atoms with Gasteiger partial charge >= 0.3 is 0 Å². The van der Waals surface area contributed by atoms with E-state index in [0.29, 0.717) is 33.0 Å². The predicted molar refractivity (Wildman–Crippen MR) is 455 cm³/mol. The van der Waals surface area contributed by atoms with Crippen LogP contribution in [0, 0.1) is 5.92 Å². The van der Waals surface area contributed by atoms with Crippen LogP contribution in [0.1, 0.15) is 265 Å². The lowest BCUT2D eigenvalue weighted by atomic mass is 10.0. The van der Waals surface area contributed by atoms with Gasteiger partial charge in [-0.05, 0) is 200 Å². The van der Waals surface area contributed by atoms with Gasteiger partial charge in [0.1, 0.15) is 28.0 Å². The summed E-state index contributed by atoms with van der Waals surface area (Å²) in [6, 6.07) is 11.5. The Morgan fingerprint density at radius 3 is 0.613 bits per heavy atom. The summed E-state index contributed by atoms with van der Waals surface area (Å²) in [7, 11) is 1.24. The van der Waals surface area contributed by atoms with Crippen LogP contribution in [0.4, 0.5) is 0 Å². The first-order valence-corrected chi connectivity index (χ1v) is 56.0. The lowest BCUT2D eigenvalue weighted by molar-refractivity contribution is -0.102. The molecule has 0 saturated heterocycles. The summed E-state index contributed by atoms with van der Waals surface area (Å²) in [5.41, 5.74) is -5.83. The van der Waals surface area contributed by atoms with Gasteiger partial charge in [0.15, 0.2) is 41.6 Å². The summed E-state index contributed by atoms with van der Waals surface area (Å²) in [5, 5.41) is 96.4. The SMILES string of the molecule is CCC(C)CC[Si](C)(CCCOCC(C)(O)C(C)O)OC.CCCCCCCC[Si](C)(CCCOCC(C)(O)C(C)O)OC.CCCCCCC[Si](C)(CCCOCC(C)(O)C(C)O)OC.CCCCCC[Si](C)(CCCOCC(C)(O)C(C)O)OC.CCCC[Si](C)(CCCOCC(C)(O)C(C)O)OC. The molecule has 0 fully saturated rings. The predicted octanol–water partition coefficient (Wildman–Crippen LogP) is 16.9. The Labute approximate surface area is 659 Å². The van der Waals surface area contributed by atoms with Crippen LogP contribution in [-0.4, -0.2) is 253 Å². The van der Waals surface area contributed by atoms with Gasteiger partial charge in [-0.2, -0.15) is 0 Å². The third-order valence-corrected chi connectivity index (χ3v) is 41.2. The van der Waals surface area contributed by atoms with Crippen molar-refractivity contribution >= 4 is 41.6 Å². The van der Waals surface area contributed by atoms with Crippen LogP contribution in [0.3, 0.4) is 0 Å². The first-order valence-electron chi connectivity index (χ1n) is 41.9. The van der Waals surface area contributed by atoms with E-state index in [1.54, 1.807) is 69.2 Å². The van der Waals surface area contributed by atoms with Gasteiger partial charge in [0.05, 0.1) is 63.6 Å². The van der Waals surface area contributed by atoms with E-state index in [4.69, 9.17) is 45.8 Å². The van der Waals surface area contributed by atoms with E-state index in [2.05, 4.69) is 74.3 Å². The molecule has 0 spiro atoms. The number of unbranched alkanes of at least 4 members (excludes halogenated alkanes) is 13. The monoisotopic (exact) mass is 1620 g/mol. The second-order valence-electron chi connectivity index (χ2n) is 33.9. The van der Waals surface area contributed by atoms with E-state index in [1.807, 2.05) is 35.5 Å². The van der Waals surface area contributed by atoms with Crippen LogP contribution < -0.4 is 0 Å². The molecule has 10 N–H and O–H groups in total. The van der Waals surface area contributed by atoms with Crippen LogP contribution in [0.15, 0.2) is 0 Å². The van der Waals surface area contributed by atoms with Crippen LogP contribution in [0.25, 0.3) is 0 Å². The summed E-state index contributed by atoms with van der Waals surface area (Å²) in [5.74, 6) is 0.768. The van der Waals surface area contributed by atoms with Crippen molar-refractivity contribution in [1.82, 2.24) is 0 Å². The Bertz CT molecular complexity index is 1930. The first-order chi connectivity index (χ1) is 49.3. The Morgan fingerprint density at radius 2 is 0.425 bits per heavy atom. The Morgan fingerprint density at radius 1 is 0.255 bits per heavy atom. The maximum absolute atomic E-state index is 9.91. The number of aliphatic hydroxyl groups excluding tert-OH is 5. The number of hydrogen-bond donors (Lipinski definition) is 10. The summed E-state index contributed by atoms with van der Waals surface area (Å²) in [6.45, 7) is 44.7. The van der Waals surface area contributed by atoms with Gasteiger partial charge in [0.2, 0.25) is 0 Å². The molecule has 0 bridgehead atoms. The standard InChI is InChI=1S/C18H40O4Si.C17H38O4Si.2C16H36O4Si.C14H32O4Si/c1-6-7-8-9-10-11-14-23(5,21-4)15-12-13-22-16-18(3,20)17(2)19;1-6-7-8-9-10-13-22(5,20-4)14-11-12-21-15-17(3,19)16(2)18;1-7-14(2)9-12-21(6,19-5)11-8-10-20-13-16(4,18)15(3)17;1-6-7-8-9-12-21(5,19-4)13-10-11-20-14-16(3,18)15(2)17;1-6-7-10-19(5,17-4)11-8-9-18-12-14(3,16)13(2)15/h17,19-20H,6-16H2,1-5H3;16,18-19H,6-15H2,1-5H3;14-15,17-18H,7-13H2,1-6H3;15,17-18H,6-14H2,1-5H3;13,15-16H,6-12H2,1-5H3. The molecular weight excluding hydrogens is 1430 g/mol. The van der Waals surface area contributed by atoms with Crippen LogP contribution in [-0.2, 0) is 45.8 Å². The number of aliphatic hydroxyl groups is 10. The molecular formula is C81H182O20Si5. The van der Waals surface area contributed by atoms with Crippen molar-refractivity contribution in [3.8, 4) is 0 Å². The fourth-order valence-electron chi connectivity index (χ4n) is 11.0. The molecule has 0 aliphatic carbocycles. The normalized spacial score (nSPS) is 19.2. The first kappa shape index (κ1) is 115. The van der Waals surface area contributed by atoms with E-state index in [1.165, 1.54) is 152 Å². The zero-order valence-corrected chi connectivity index (χ0v) is 79.1. The van der Waals surface area contributed by atoms with E-state index >= 15 is 0 Å². The number of rotatable bonds is 65. The van der Waals surface area contributed by atoms with Gasteiger partial charge in [-0.3, -0.25) is 0 Å². The van der Waals surface area contributed by atoms with Crippen LogP contribution in [0.2, 0.25) is 93.2 Å². The molecule has 0 radical (unpaired) electrons. The summed E-state index contributed by atoms with van der Waals surface area (Å²) < 4.78 is 56.5. The van der Waals surface area contributed by atoms with Crippen molar-refractivity contribution in [3.63, 3.8) is 0 Å². The Kier molecular flexibility index (Phi) is 70.9. The molecule has 0 heterocycles. The topological polar surface area (TPSA) is 295 Å². The molecule has 0 amide bonds. The van der Waals surface area contributed by atoms with Gasteiger partial charge in [-0.15, -0.1) is 0 Å². The van der Waals surface area contributed by atoms with Crippen molar-refractivity contribution in [2.45, 2.75) is 417 Å². The number of hydrogen-bond acceptors (Lipinski definition) is 20. The highest BCUT2D eigenvalue weighted by molar-refractivity contribution is 6.74. The molecule has 16 atom stereocenters. The van der Waals surface area contributed by atoms with Crippen molar-refractivity contribution in [3.05, 3.63) is 0 Å². The highest BCUT2D eigenvalue weighted by Gasteiger charge is 2.35. The largest absolute Gasteiger partial charge is 0.420 e. The van der Waals surface area contributed by atoms with E-state index in [9.17, 15) is 51.1 Å². The van der Waals surface area contributed by atoms with Crippen LogP contribution >= 0.6 is 0 Å². The van der Waals surface area contributed by atoms with E-state index in [-0.39, 0.29) is 33.0 Å². The van der Waals surface area contributed by atoms with Crippen molar-refractivity contribution < 1.29 is 96.9 Å². The van der Waals surface area contributed by atoms with E-state index < -0.39 is 100 Å². The number of ether oxygens (including phenoxy) is 5. The summed E-state index contributed by atoms with van der Waals surface area (Å²) in [6.07, 6.45) is 25.4. The lowest BCUT2D eigenvalue weighted by Gasteiger charge is -2.28. The smallest absolute Gasteiger partial charge is 0.189 e. The molecule has 106 heavy (non-hydrogen) atoms. The van der Waals surface area contributed by atoms with Crippen molar-refractivity contribution in [2.75, 3.05) is 102 Å². The zero-order chi connectivity index (χ0) is 82.6. The van der Waals surface area contributed by atoms with Gasteiger partial charge < -0.3 is 96.9 Å². The Hall–Kier alpha value is 0.284. The molecule has 646 valence electrons. The maximum atomic E-state index is 9.91. The quantitative estimate of drug-likeness (QED) is 0.0200. The minimum absolute atomic E-state index is 0.169. The lowest BCUT2D eigenvalue weighted by Crippen LogP contribution is -2.42. The fraction of sp³-hybridized carbons (Fsp3) is 1.00. The molecule has 0 aliphatic rings. The maximum Gasteiger partial charge on any atom is 0.189 e. The minimum atomic E-state index is -1.61. The van der Waals surface area contributed by atoms with Gasteiger partial charge in [-0.25, -0.2) is 0 Å². The van der Waals surface area contributed by atoms with Crippen molar-refractivity contribution in [1.29, 1.82) is 0 Å².